The predicted octanol–water partition coefficient (Wildman–Crippen LogP) is -1.79. The second kappa shape index (κ2) is 5.57. The molecule has 0 bridgehead atoms. The quantitative estimate of drug-likeness (QED) is 0.338. The van der Waals surface area contributed by atoms with E-state index in [9.17, 15) is 9.59 Å². The Labute approximate surface area is 135 Å². The van der Waals surface area contributed by atoms with Crippen molar-refractivity contribution in [2.75, 3.05) is 0 Å². The van der Waals surface area contributed by atoms with E-state index in [1.165, 1.54) is 0 Å². The number of carbonyl (C=O) groups excluding carboxylic acids is 2. The van der Waals surface area contributed by atoms with Crippen LogP contribution in [0.4, 0.5) is 0 Å². The first kappa shape index (κ1) is 16.1. The summed E-state index contributed by atoms with van der Waals surface area (Å²) in [4.78, 5) is 24.6. The Hall–Kier alpha value is 0.0300. The summed E-state index contributed by atoms with van der Waals surface area (Å²) < 4.78 is 0. The Balaban J connectivity index is 0.00000162. The van der Waals surface area contributed by atoms with Gasteiger partial charge in [0.2, 0.25) is 11.8 Å². The minimum absolute atomic E-state index is 0. The molecular weight excluding hydrogens is 259 g/mol. The van der Waals surface area contributed by atoms with Crippen LogP contribution in [0, 0.1) is 23.2 Å². The predicted molar refractivity (Wildman–Crippen MR) is 68.0 cm³/mol. The van der Waals surface area contributed by atoms with Crippen LogP contribution in [0.1, 0.15) is 33.6 Å². The first-order valence-corrected chi connectivity index (χ1v) is 6.52. The molecule has 2 aliphatic rings. The van der Waals surface area contributed by atoms with Crippen LogP contribution in [0.2, 0.25) is 0 Å². The third kappa shape index (κ3) is 2.05. The van der Waals surface area contributed by atoms with E-state index >= 15 is 0 Å². The van der Waals surface area contributed by atoms with Crippen LogP contribution in [0.15, 0.2) is 0 Å². The fraction of sp³-hybridized carbons (Fsp3) is 0.750. The van der Waals surface area contributed by atoms with E-state index in [4.69, 9.17) is 12.2 Å². The van der Waals surface area contributed by atoms with E-state index in [0.717, 1.165) is 12.8 Å². The van der Waals surface area contributed by atoms with Crippen LogP contribution in [-0.2, 0) is 9.59 Å². The van der Waals surface area contributed by atoms with Gasteiger partial charge in [-0.15, -0.1) is 0 Å². The van der Waals surface area contributed by atoms with Gasteiger partial charge < -0.3 is 10.6 Å². The standard InChI is InChI=1S/C12H18N2O2S.Na/c1-4-8-6(2)5-7(3)12(8)9(15)13-11(17)14-10(12)16;/h6-8H,4-5H2,1-3H3,(H2,13,14,15,16,17);/q;+1. The van der Waals surface area contributed by atoms with Gasteiger partial charge in [-0.2, -0.15) is 0 Å². The monoisotopic (exact) mass is 277 g/mol. The van der Waals surface area contributed by atoms with Crippen molar-refractivity contribution in [3.63, 3.8) is 0 Å². The smallest absolute Gasteiger partial charge is 0.302 e. The van der Waals surface area contributed by atoms with Crippen molar-refractivity contribution in [2.45, 2.75) is 33.6 Å². The van der Waals surface area contributed by atoms with Crippen molar-refractivity contribution < 1.29 is 39.1 Å². The summed E-state index contributed by atoms with van der Waals surface area (Å²) in [6.45, 7) is 6.14. The summed E-state index contributed by atoms with van der Waals surface area (Å²) in [5.74, 6) is 0.120. The second-order valence-electron chi connectivity index (χ2n) is 5.24. The van der Waals surface area contributed by atoms with Gasteiger partial charge in [-0.05, 0) is 36.4 Å². The third-order valence-electron chi connectivity index (χ3n) is 4.42. The summed E-state index contributed by atoms with van der Waals surface area (Å²) in [6, 6.07) is 0. The van der Waals surface area contributed by atoms with Gasteiger partial charge in [0.25, 0.3) is 0 Å². The van der Waals surface area contributed by atoms with Crippen molar-refractivity contribution in [1.82, 2.24) is 10.6 Å². The van der Waals surface area contributed by atoms with Gasteiger partial charge in [0.05, 0.1) is 0 Å². The van der Waals surface area contributed by atoms with Gasteiger partial charge in [-0.1, -0.05) is 27.2 Å². The molecule has 3 unspecified atom stereocenters. The molecular formula is C12H18N2NaO2S+. The van der Waals surface area contributed by atoms with Crippen LogP contribution in [-0.4, -0.2) is 16.9 Å². The molecule has 2 N–H and O–H groups in total. The molecule has 0 aromatic rings. The summed E-state index contributed by atoms with van der Waals surface area (Å²) in [6.07, 6.45) is 1.74. The average molecular weight is 277 g/mol. The fourth-order valence-corrected chi connectivity index (χ4v) is 3.96. The molecule has 2 fully saturated rings. The largest absolute Gasteiger partial charge is 1.00 e. The molecule has 2 rings (SSSR count). The van der Waals surface area contributed by atoms with Crippen molar-refractivity contribution in [3.05, 3.63) is 0 Å². The molecule has 1 heterocycles. The Morgan fingerprint density at radius 2 is 1.78 bits per heavy atom. The van der Waals surface area contributed by atoms with Crippen molar-refractivity contribution >= 4 is 29.1 Å². The van der Waals surface area contributed by atoms with Crippen LogP contribution in [0.3, 0.4) is 0 Å². The molecule has 0 aromatic carbocycles. The molecule has 1 aliphatic heterocycles. The van der Waals surface area contributed by atoms with Crippen molar-refractivity contribution in [1.29, 1.82) is 0 Å². The summed E-state index contributed by atoms with van der Waals surface area (Å²) >= 11 is 4.86. The van der Waals surface area contributed by atoms with Crippen LogP contribution >= 0.6 is 12.2 Å². The van der Waals surface area contributed by atoms with Gasteiger partial charge in [0, 0.05) is 0 Å². The van der Waals surface area contributed by atoms with Crippen LogP contribution < -0.4 is 40.2 Å². The van der Waals surface area contributed by atoms with Gasteiger partial charge >= 0.3 is 29.6 Å². The molecule has 18 heavy (non-hydrogen) atoms. The summed E-state index contributed by atoms with van der Waals surface area (Å²) in [5, 5.41) is 5.37. The van der Waals surface area contributed by atoms with Crippen molar-refractivity contribution in [2.24, 2.45) is 23.2 Å². The zero-order valence-corrected chi connectivity index (χ0v) is 14.2. The molecule has 4 nitrogen and oxygen atoms in total. The van der Waals surface area contributed by atoms with E-state index in [1.807, 2.05) is 13.8 Å². The third-order valence-corrected chi connectivity index (χ3v) is 4.62. The number of hydrogen-bond donors (Lipinski definition) is 2. The molecule has 1 spiro atoms. The molecule has 1 aliphatic carbocycles. The molecule has 2 amide bonds. The van der Waals surface area contributed by atoms with E-state index in [-0.39, 0.29) is 58.3 Å². The number of nitrogens with one attached hydrogen (secondary N) is 2. The van der Waals surface area contributed by atoms with Gasteiger partial charge in [0.1, 0.15) is 5.41 Å². The molecule has 6 heteroatoms. The minimum atomic E-state index is -0.920. The Kier molecular flexibility index (Phi) is 4.98. The molecule has 1 saturated heterocycles. The molecule has 1 saturated carbocycles. The Morgan fingerprint density at radius 1 is 1.28 bits per heavy atom. The number of amides is 2. The average Bonchev–Trinajstić information content (AvgIpc) is 2.47. The van der Waals surface area contributed by atoms with Gasteiger partial charge in [0.15, 0.2) is 5.11 Å². The zero-order valence-electron chi connectivity index (χ0n) is 11.4. The van der Waals surface area contributed by atoms with Crippen molar-refractivity contribution in [3.8, 4) is 0 Å². The number of thiocarbonyl (C=S) groups is 1. The molecule has 3 atom stereocenters. The Morgan fingerprint density at radius 3 is 2.22 bits per heavy atom. The zero-order chi connectivity index (χ0) is 12.8. The fourth-order valence-electron chi connectivity index (χ4n) is 3.78. The maximum Gasteiger partial charge on any atom is 1.00 e. The molecule has 0 aromatic heterocycles. The molecule has 94 valence electrons. The number of hydrogen-bond acceptors (Lipinski definition) is 3. The number of rotatable bonds is 1. The summed E-state index contributed by atoms with van der Waals surface area (Å²) in [7, 11) is 0. The van der Waals surface area contributed by atoms with Gasteiger partial charge in [-0.3, -0.25) is 9.59 Å². The van der Waals surface area contributed by atoms with E-state index in [0.29, 0.717) is 5.92 Å². The first-order valence-electron chi connectivity index (χ1n) is 6.11. The topological polar surface area (TPSA) is 58.2 Å². The normalized spacial score (nSPS) is 33.9. The number of carbonyl (C=O) groups is 2. The Bertz CT molecular complexity index is 380. The van der Waals surface area contributed by atoms with Crippen LogP contribution in [0.25, 0.3) is 0 Å². The summed E-state index contributed by atoms with van der Waals surface area (Å²) in [5.41, 5.74) is -0.920. The van der Waals surface area contributed by atoms with E-state index < -0.39 is 5.41 Å². The first-order chi connectivity index (χ1) is 7.94. The van der Waals surface area contributed by atoms with Crippen LogP contribution in [0.5, 0.6) is 0 Å². The van der Waals surface area contributed by atoms with E-state index in [2.05, 4.69) is 17.6 Å². The second-order valence-corrected chi connectivity index (χ2v) is 5.64. The minimum Gasteiger partial charge on any atom is -0.302 e. The maximum absolute atomic E-state index is 12.3. The SMILES string of the molecule is CCC1C(C)CC(C)C12C(=O)NC(=S)NC2=O.[Na+]. The van der Waals surface area contributed by atoms with E-state index in [1.54, 1.807) is 0 Å². The van der Waals surface area contributed by atoms with Gasteiger partial charge in [-0.25, -0.2) is 0 Å². The maximum atomic E-state index is 12.3. The molecule has 0 radical (unpaired) electrons.